The molecular formula is C21H29F3N4O2. The summed E-state index contributed by atoms with van der Waals surface area (Å²) in [5, 5.41) is 15.7. The number of aromatic nitrogens is 1. The van der Waals surface area contributed by atoms with Crippen molar-refractivity contribution in [1.29, 1.82) is 0 Å². The van der Waals surface area contributed by atoms with Crippen LogP contribution in [0.1, 0.15) is 32.9 Å². The van der Waals surface area contributed by atoms with Crippen molar-refractivity contribution < 1.29 is 23.1 Å². The zero-order valence-electron chi connectivity index (χ0n) is 17.7. The first-order chi connectivity index (χ1) is 13.9. The van der Waals surface area contributed by atoms with Crippen molar-refractivity contribution >= 4 is 23.0 Å². The summed E-state index contributed by atoms with van der Waals surface area (Å²) in [5.74, 6) is -0.512. The number of aliphatic hydroxyl groups excluding tert-OH is 1. The molecule has 3 atom stereocenters. The number of nitrogens with zero attached hydrogens (tertiary/aromatic N) is 2. The fourth-order valence-corrected chi connectivity index (χ4v) is 3.92. The molecule has 2 heterocycles. The van der Waals surface area contributed by atoms with E-state index >= 15 is 0 Å². The first kappa shape index (κ1) is 22.4. The summed E-state index contributed by atoms with van der Waals surface area (Å²) in [5.41, 5.74) is 2.89. The highest BCUT2D eigenvalue weighted by Crippen LogP contribution is 2.41. The van der Waals surface area contributed by atoms with Gasteiger partial charge in [-0.3, -0.25) is 4.79 Å². The smallest absolute Gasteiger partial charge is 0.382 e. The Morgan fingerprint density at radius 1 is 1.30 bits per heavy atom. The fourth-order valence-electron chi connectivity index (χ4n) is 3.92. The molecule has 2 aliphatic rings. The highest BCUT2D eigenvalue weighted by Gasteiger charge is 2.48. The third-order valence-corrected chi connectivity index (χ3v) is 5.51. The Kier molecular flexibility index (Phi) is 6.04. The molecule has 1 saturated heterocycles. The van der Waals surface area contributed by atoms with Crippen molar-refractivity contribution in [1.82, 2.24) is 9.88 Å². The minimum absolute atomic E-state index is 0.0251. The average Bonchev–Trinajstić information content (AvgIpc) is 3.22. The van der Waals surface area contributed by atoms with Crippen LogP contribution in [0.5, 0.6) is 0 Å². The van der Waals surface area contributed by atoms with Gasteiger partial charge in [-0.15, -0.1) is 0 Å². The number of allylic oxidation sites excluding steroid dienone is 1. The lowest BCUT2D eigenvalue weighted by Gasteiger charge is -2.22. The largest absolute Gasteiger partial charge is 0.423 e. The van der Waals surface area contributed by atoms with E-state index in [0.717, 1.165) is 34.2 Å². The SMILES string of the molecule is CNc1nc(C2=CC3CN(C(=O)C(O)C(F)(F)F)CC3C2)ccc1NCC(C)(C)C. The Balaban J connectivity index is 1.69. The first-order valence-electron chi connectivity index (χ1n) is 10.1. The maximum absolute atomic E-state index is 12.6. The Morgan fingerprint density at radius 2 is 2.00 bits per heavy atom. The normalized spacial score (nSPS) is 22.5. The monoisotopic (exact) mass is 426 g/mol. The Hall–Kier alpha value is -2.29. The molecule has 3 N–H and O–H groups in total. The van der Waals surface area contributed by atoms with E-state index in [0.29, 0.717) is 6.42 Å². The van der Waals surface area contributed by atoms with Crippen molar-refractivity contribution in [2.75, 3.05) is 37.3 Å². The molecule has 1 aliphatic carbocycles. The van der Waals surface area contributed by atoms with Crippen LogP contribution in [-0.4, -0.2) is 59.9 Å². The molecule has 0 spiro atoms. The molecule has 0 radical (unpaired) electrons. The quantitative estimate of drug-likeness (QED) is 0.673. The van der Waals surface area contributed by atoms with Crippen LogP contribution in [0.25, 0.3) is 5.57 Å². The lowest BCUT2D eigenvalue weighted by molar-refractivity contribution is -0.210. The van der Waals surface area contributed by atoms with E-state index in [1.807, 2.05) is 25.3 Å². The van der Waals surface area contributed by atoms with Gasteiger partial charge >= 0.3 is 6.18 Å². The topological polar surface area (TPSA) is 77.5 Å². The van der Waals surface area contributed by atoms with Crippen LogP contribution >= 0.6 is 0 Å². The fraction of sp³-hybridized carbons (Fsp3) is 0.619. The molecule has 166 valence electrons. The molecule has 1 fully saturated rings. The number of nitrogens with one attached hydrogen (secondary N) is 2. The molecule has 3 unspecified atom stereocenters. The van der Waals surface area contributed by atoms with Gasteiger partial charge in [0.2, 0.25) is 6.10 Å². The van der Waals surface area contributed by atoms with Crippen molar-refractivity contribution in [3.63, 3.8) is 0 Å². The van der Waals surface area contributed by atoms with Gasteiger partial charge in [-0.25, -0.2) is 4.98 Å². The minimum Gasteiger partial charge on any atom is -0.382 e. The van der Waals surface area contributed by atoms with Gasteiger partial charge in [0.15, 0.2) is 0 Å². The number of carbonyl (C=O) groups is 1. The van der Waals surface area contributed by atoms with Gasteiger partial charge in [-0.05, 0) is 41.4 Å². The number of rotatable bonds is 5. The van der Waals surface area contributed by atoms with Gasteiger partial charge in [0.25, 0.3) is 5.91 Å². The van der Waals surface area contributed by atoms with Crippen molar-refractivity contribution in [2.45, 2.75) is 39.5 Å². The molecule has 1 amide bonds. The summed E-state index contributed by atoms with van der Waals surface area (Å²) in [6, 6.07) is 3.92. The van der Waals surface area contributed by atoms with E-state index in [1.54, 1.807) is 0 Å². The molecule has 1 aromatic rings. The Morgan fingerprint density at radius 3 is 2.57 bits per heavy atom. The zero-order chi connectivity index (χ0) is 22.3. The number of amides is 1. The minimum atomic E-state index is -4.94. The van der Waals surface area contributed by atoms with Crippen LogP contribution in [0.2, 0.25) is 0 Å². The van der Waals surface area contributed by atoms with Crippen molar-refractivity contribution in [2.24, 2.45) is 17.3 Å². The Bertz CT molecular complexity index is 833. The second kappa shape index (κ2) is 8.09. The number of carbonyl (C=O) groups excluding carboxylic acids is 1. The summed E-state index contributed by atoms with van der Waals surface area (Å²) in [4.78, 5) is 17.8. The van der Waals surface area contributed by atoms with Gasteiger partial charge in [0.05, 0.1) is 11.4 Å². The van der Waals surface area contributed by atoms with Crippen LogP contribution in [-0.2, 0) is 4.79 Å². The van der Waals surface area contributed by atoms with Gasteiger partial charge < -0.3 is 20.6 Å². The molecule has 0 bridgehead atoms. The molecule has 3 rings (SSSR count). The number of anilines is 2. The van der Waals surface area contributed by atoms with Crippen molar-refractivity contribution in [3.8, 4) is 0 Å². The van der Waals surface area contributed by atoms with E-state index in [4.69, 9.17) is 4.98 Å². The van der Waals surface area contributed by atoms with Crippen LogP contribution in [0.3, 0.4) is 0 Å². The number of alkyl halides is 3. The molecule has 0 saturated carbocycles. The van der Waals surface area contributed by atoms with Crippen LogP contribution < -0.4 is 10.6 Å². The van der Waals surface area contributed by atoms with Gasteiger partial charge in [-0.1, -0.05) is 26.8 Å². The molecule has 1 aliphatic heterocycles. The molecule has 30 heavy (non-hydrogen) atoms. The van der Waals surface area contributed by atoms with Crippen LogP contribution in [0.15, 0.2) is 18.2 Å². The van der Waals surface area contributed by atoms with Gasteiger partial charge in [-0.2, -0.15) is 13.2 Å². The standard InChI is InChI=1S/C21H29F3N4O2/c1-20(2,3)11-26-16-6-5-15(27-18(16)25-4)12-7-13-9-28(10-14(13)8-12)19(30)17(29)21(22,23)24/h5-7,13-14,17,26,29H,8-11H2,1-4H3,(H,25,27). The third-order valence-electron chi connectivity index (χ3n) is 5.51. The number of likely N-dealkylation sites (tertiary alicyclic amines) is 1. The maximum atomic E-state index is 12.6. The molecule has 0 aromatic carbocycles. The van der Waals surface area contributed by atoms with Gasteiger partial charge in [0.1, 0.15) is 5.82 Å². The lowest BCUT2D eigenvalue weighted by atomic mass is 9.97. The van der Waals surface area contributed by atoms with Crippen LogP contribution in [0, 0.1) is 17.3 Å². The highest BCUT2D eigenvalue weighted by molar-refractivity contribution is 5.82. The maximum Gasteiger partial charge on any atom is 0.423 e. The summed E-state index contributed by atoms with van der Waals surface area (Å²) >= 11 is 0. The lowest BCUT2D eigenvalue weighted by Crippen LogP contribution is -2.45. The summed E-state index contributed by atoms with van der Waals surface area (Å²) < 4.78 is 37.9. The molecule has 6 nitrogen and oxygen atoms in total. The zero-order valence-corrected chi connectivity index (χ0v) is 17.7. The number of aliphatic hydroxyl groups is 1. The number of pyridine rings is 1. The number of fused-ring (bicyclic) bond motifs is 1. The average molecular weight is 426 g/mol. The van der Waals surface area contributed by atoms with Crippen LogP contribution in [0.4, 0.5) is 24.7 Å². The second-order valence-electron chi connectivity index (χ2n) is 9.26. The molecule has 1 aromatic heterocycles. The highest BCUT2D eigenvalue weighted by atomic mass is 19.4. The van der Waals surface area contributed by atoms with E-state index in [2.05, 4.69) is 31.4 Å². The molecular weight excluding hydrogens is 397 g/mol. The molecule has 9 heteroatoms. The van der Waals surface area contributed by atoms with E-state index in [9.17, 15) is 23.1 Å². The number of halogens is 3. The number of hydrogen-bond donors (Lipinski definition) is 3. The summed E-state index contributed by atoms with van der Waals surface area (Å²) in [6.45, 7) is 7.62. The predicted octanol–water partition coefficient (Wildman–Crippen LogP) is 3.37. The predicted molar refractivity (Wildman–Crippen MR) is 110 cm³/mol. The first-order valence-corrected chi connectivity index (χ1v) is 10.1. The van der Waals surface area contributed by atoms with E-state index in [-0.39, 0.29) is 30.3 Å². The van der Waals surface area contributed by atoms with Crippen molar-refractivity contribution in [3.05, 3.63) is 23.9 Å². The van der Waals surface area contributed by atoms with E-state index in [1.165, 1.54) is 0 Å². The second-order valence-corrected chi connectivity index (χ2v) is 9.26. The number of hydrogen-bond acceptors (Lipinski definition) is 5. The Labute approximate surface area is 174 Å². The summed E-state index contributed by atoms with van der Waals surface area (Å²) in [6.07, 6.45) is -5.25. The summed E-state index contributed by atoms with van der Waals surface area (Å²) in [7, 11) is 1.81. The third kappa shape index (κ3) is 4.88. The van der Waals surface area contributed by atoms with Gasteiger partial charge in [0, 0.05) is 26.7 Å². The van der Waals surface area contributed by atoms with E-state index < -0.39 is 18.2 Å².